The van der Waals surface area contributed by atoms with E-state index < -0.39 is 22.0 Å². The number of nitrogens with one attached hydrogen (secondary N) is 1. The Kier molecular flexibility index (Phi) is 10.6. The summed E-state index contributed by atoms with van der Waals surface area (Å²) in [7, 11) is -2.18. The molecule has 1 N–H and O–H groups in total. The van der Waals surface area contributed by atoms with Gasteiger partial charge in [0, 0.05) is 12.6 Å². The number of nitrogens with zero attached hydrogens (tertiary/aromatic N) is 2. The van der Waals surface area contributed by atoms with Crippen LogP contribution in [0.2, 0.25) is 0 Å². The quantitative estimate of drug-likeness (QED) is 0.431. The first-order chi connectivity index (χ1) is 18.2. The highest BCUT2D eigenvalue weighted by Crippen LogP contribution is 2.25. The average molecular weight is 544 g/mol. The van der Waals surface area contributed by atoms with E-state index >= 15 is 0 Å². The fourth-order valence-electron chi connectivity index (χ4n) is 5.04. The van der Waals surface area contributed by atoms with Crippen molar-refractivity contribution in [1.29, 1.82) is 0 Å². The van der Waals surface area contributed by atoms with Crippen molar-refractivity contribution >= 4 is 27.5 Å². The number of aryl methyl sites for hydroxylation is 1. The average Bonchev–Trinajstić information content (AvgIpc) is 2.91. The van der Waals surface area contributed by atoms with Gasteiger partial charge >= 0.3 is 0 Å². The lowest BCUT2D eigenvalue weighted by atomic mass is 9.95. The van der Waals surface area contributed by atoms with Gasteiger partial charge in [-0.05, 0) is 55.0 Å². The SMILES string of the molecule is CCc1ccccc1N(CC(=O)N(Cc1ccc(OC)cc1)[C@@H](CC)C(=O)NC1CCCCC1)S(C)(=O)=O. The predicted molar refractivity (Wildman–Crippen MR) is 151 cm³/mol. The van der Waals surface area contributed by atoms with Crippen molar-refractivity contribution in [3.8, 4) is 5.75 Å². The Morgan fingerprint density at radius 2 is 1.68 bits per heavy atom. The van der Waals surface area contributed by atoms with E-state index in [2.05, 4.69) is 5.32 Å². The smallest absolute Gasteiger partial charge is 0.244 e. The molecule has 38 heavy (non-hydrogen) atoms. The zero-order valence-electron chi connectivity index (χ0n) is 23.0. The number of sulfonamides is 1. The molecule has 0 radical (unpaired) electrons. The van der Waals surface area contributed by atoms with Gasteiger partial charge in [-0.1, -0.05) is 63.4 Å². The van der Waals surface area contributed by atoms with E-state index in [-0.39, 0.29) is 25.0 Å². The molecule has 0 saturated heterocycles. The third-order valence-corrected chi connectivity index (χ3v) is 8.30. The van der Waals surface area contributed by atoms with Crippen LogP contribution in [0.3, 0.4) is 0 Å². The fourth-order valence-corrected chi connectivity index (χ4v) is 5.92. The number of benzene rings is 2. The number of para-hydroxylation sites is 1. The lowest BCUT2D eigenvalue weighted by Crippen LogP contribution is -2.54. The molecular formula is C29H41N3O5S. The molecule has 9 heteroatoms. The van der Waals surface area contributed by atoms with Gasteiger partial charge in [0.1, 0.15) is 18.3 Å². The van der Waals surface area contributed by atoms with Crippen LogP contribution in [0.5, 0.6) is 5.75 Å². The maximum absolute atomic E-state index is 13.9. The molecule has 0 bridgehead atoms. The summed E-state index contributed by atoms with van der Waals surface area (Å²) in [4.78, 5) is 28.9. The molecule has 1 aliphatic rings. The second-order valence-electron chi connectivity index (χ2n) is 9.89. The minimum atomic E-state index is -3.77. The zero-order chi connectivity index (χ0) is 27.7. The van der Waals surface area contributed by atoms with E-state index in [9.17, 15) is 18.0 Å². The molecule has 0 aliphatic heterocycles. The highest BCUT2D eigenvalue weighted by molar-refractivity contribution is 7.92. The topological polar surface area (TPSA) is 96.0 Å². The third-order valence-electron chi connectivity index (χ3n) is 7.17. The summed E-state index contributed by atoms with van der Waals surface area (Å²) < 4.78 is 32.2. The van der Waals surface area contributed by atoms with Crippen molar-refractivity contribution in [2.45, 2.75) is 77.4 Å². The first-order valence-electron chi connectivity index (χ1n) is 13.5. The maximum atomic E-state index is 13.9. The van der Waals surface area contributed by atoms with Gasteiger partial charge in [0.25, 0.3) is 0 Å². The van der Waals surface area contributed by atoms with Gasteiger partial charge in [0.2, 0.25) is 21.8 Å². The molecule has 2 aromatic rings. The molecule has 208 valence electrons. The highest BCUT2D eigenvalue weighted by Gasteiger charge is 2.33. The second kappa shape index (κ2) is 13.6. The minimum Gasteiger partial charge on any atom is -0.497 e. The molecule has 0 heterocycles. The Morgan fingerprint density at radius 1 is 1.03 bits per heavy atom. The van der Waals surface area contributed by atoms with Crippen molar-refractivity contribution < 1.29 is 22.7 Å². The largest absolute Gasteiger partial charge is 0.497 e. The number of methoxy groups -OCH3 is 1. The summed E-state index contributed by atoms with van der Waals surface area (Å²) in [6.45, 7) is 3.60. The summed E-state index contributed by atoms with van der Waals surface area (Å²) >= 11 is 0. The summed E-state index contributed by atoms with van der Waals surface area (Å²) in [5.41, 5.74) is 2.13. The molecule has 0 unspecified atom stereocenters. The van der Waals surface area contributed by atoms with E-state index in [1.165, 1.54) is 11.3 Å². The first kappa shape index (κ1) is 29.5. The van der Waals surface area contributed by atoms with Crippen LogP contribution in [0.25, 0.3) is 0 Å². The van der Waals surface area contributed by atoms with Crippen molar-refractivity contribution in [3.05, 3.63) is 59.7 Å². The van der Waals surface area contributed by atoms with Gasteiger partial charge in [0.05, 0.1) is 19.1 Å². The van der Waals surface area contributed by atoms with Crippen LogP contribution in [0, 0.1) is 0 Å². The van der Waals surface area contributed by atoms with Crippen LogP contribution < -0.4 is 14.4 Å². The Morgan fingerprint density at radius 3 is 2.26 bits per heavy atom. The molecule has 1 fully saturated rings. The summed E-state index contributed by atoms with van der Waals surface area (Å²) in [5.74, 6) is 0.0667. The molecule has 2 amide bonds. The van der Waals surface area contributed by atoms with Gasteiger partial charge in [0.15, 0.2) is 0 Å². The number of amides is 2. The van der Waals surface area contributed by atoms with Gasteiger partial charge in [-0.25, -0.2) is 8.42 Å². The van der Waals surface area contributed by atoms with Crippen LogP contribution in [0.1, 0.15) is 63.5 Å². The second-order valence-corrected chi connectivity index (χ2v) is 11.8. The summed E-state index contributed by atoms with van der Waals surface area (Å²) in [6.07, 6.45) is 7.33. The molecule has 8 nitrogen and oxygen atoms in total. The van der Waals surface area contributed by atoms with E-state index in [0.29, 0.717) is 24.3 Å². The number of anilines is 1. The van der Waals surface area contributed by atoms with Crippen molar-refractivity contribution in [2.24, 2.45) is 0 Å². The predicted octanol–water partition coefficient (Wildman–Crippen LogP) is 4.28. The van der Waals surface area contributed by atoms with Crippen molar-refractivity contribution in [2.75, 3.05) is 24.2 Å². The van der Waals surface area contributed by atoms with E-state index in [4.69, 9.17) is 4.74 Å². The molecule has 1 aliphatic carbocycles. The van der Waals surface area contributed by atoms with Gasteiger partial charge in [-0.15, -0.1) is 0 Å². The molecule has 1 atom stereocenters. The Hall–Kier alpha value is -3.07. The zero-order valence-corrected chi connectivity index (χ0v) is 23.8. The highest BCUT2D eigenvalue weighted by atomic mass is 32.2. The lowest BCUT2D eigenvalue weighted by molar-refractivity contribution is -0.140. The summed E-state index contributed by atoms with van der Waals surface area (Å²) in [6, 6.07) is 13.9. The Bertz CT molecular complexity index is 1180. The molecule has 3 rings (SSSR count). The van der Waals surface area contributed by atoms with Crippen LogP contribution in [-0.4, -0.2) is 57.1 Å². The Balaban J connectivity index is 1.93. The van der Waals surface area contributed by atoms with Crippen molar-refractivity contribution in [3.63, 3.8) is 0 Å². The van der Waals surface area contributed by atoms with E-state index in [1.54, 1.807) is 31.4 Å². The van der Waals surface area contributed by atoms with Crippen LogP contribution in [-0.2, 0) is 32.6 Å². The minimum absolute atomic E-state index is 0.104. The maximum Gasteiger partial charge on any atom is 0.244 e. The van der Waals surface area contributed by atoms with Gasteiger partial charge < -0.3 is 15.0 Å². The molecule has 0 spiro atoms. The fraction of sp³-hybridized carbons (Fsp3) is 0.517. The monoisotopic (exact) mass is 543 g/mol. The van der Waals surface area contributed by atoms with Crippen LogP contribution in [0.4, 0.5) is 5.69 Å². The van der Waals surface area contributed by atoms with Crippen LogP contribution in [0.15, 0.2) is 48.5 Å². The van der Waals surface area contributed by atoms with E-state index in [0.717, 1.165) is 47.4 Å². The number of ether oxygens (including phenoxy) is 1. The standard InChI is InChI=1S/C29H41N3O5S/c1-5-23-12-10-11-15-27(23)32(38(4,35)36)21-28(33)31(20-22-16-18-25(37-3)19-17-22)26(6-2)29(34)30-24-13-8-7-9-14-24/h10-12,15-19,24,26H,5-9,13-14,20-21H2,1-4H3,(H,30,34)/t26-/m0/s1. The summed E-state index contributed by atoms with van der Waals surface area (Å²) in [5, 5.41) is 3.16. The van der Waals surface area contributed by atoms with Gasteiger partial charge in [-0.3, -0.25) is 13.9 Å². The number of carbonyl (C=O) groups is 2. The Labute approximate surface area is 227 Å². The molecule has 1 saturated carbocycles. The lowest BCUT2D eigenvalue weighted by Gasteiger charge is -2.34. The number of hydrogen-bond donors (Lipinski definition) is 1. The number of carbonyl (C=O) groups excluding carboxylic acids is 2. The molecular weight excluding hydrogens is 502 g/mol. The van der Waals surface area contributed by atoms with Gasteiger partial charge in [-0.2, -0.15) is 0 Å². The molecule has 2 aromatic carbocycles. The molecule has 0 aromatic heterocycles. The normalized spacial score (nSPS) is 14.9. The van der Waals surface area contributed by atoms with Crippen LogP contribution >= 0.6 is 0 Å². The van der Waals surface area contributed by atoms with E-state index in [1.807, 2.05) is 38.1 Å². The number of rotatable bonds is 12. The third kappa shape index (κ3) is 7.72. The number of hydrogen-bond acceptors (Lipinski definition) is 5. The first-order valence-corrected chi connectivity index (χ1v) is 15.3. The van der Waals surface area contributed by atoms with Crippen molar-refractivity contribution in [1.82, 2.24) is 10.2 Å².